The van der Waals surface area contributed by atoms with E-state index >= 15 is 0 Å². The Morgan fingerprint density at radius 1 is 1.18 bits per heavy atom. The summed E-state index contributed by atoms with van der Waals surface area (Å²) in [6.45, 7) is 3.37. The molecule has 0 saturated carbocycles. The molecule has 7 nitrogen and oxygen atoms in total. The fraction of sp³-hybridized carbons (Fsp3) is 0.100. The van der Waals surface area contributed by atoms with Crippen molar-refractivity contribution in [2.24, 2.45) is 4.99 Å². The van der Waals surface area contributed by atoms with E-state index in [-0.39, 0.29) is 22.1 Å². The highest BCUT2D eigenvalue weighted by atomic mass is 32.1. The first-order valence-electron chi connectivity index (χ1n) is 8.42. The number of aromatic nitrogens is 2. The summed E-state index contributed by atoms with van der Waals surface area (Å²) in [5.74, 6) is -0.464. The van der Waals surface area contributed by atoms with Gasteiger partial charge in [-0.2, -0.15) is 0 Å². The number of hydrogen-bond donors (Lipinski definition) is 3. The van der Waals surface area contributed by atoms with Gasteiger partial charge in [0.2, 0.25) is 11.8 Å². The summed E-state index contributed by atoms with van der Waals surface area (Å²) in [4.78, 5) is 30.1. The van der Waals surface area contributed by atoms with Crippen LogP contribution >= 0.6 is 12.2 Å². The van der Waals surface area contributed by atoms with Crippen molar-refractivity contribution in [2.45, 2.75) is 13.8 Å². The number of aliphatic imine (C=N–C) groups is 1. The molecular formula is C20H18N4O3S. The van der Waals surface area contributed by atoms with Gasteiger partial charge in [-0.1, -0.05) is 17.7 Å². The SMILES string of the molecule is CC(=O)Nc1ccc(N=Cc2c(O)n(-c3ccc(C)cc3)c(=S)[nH]c2=O)cc1. The standard InChI is InChI=1S/C20H18N4O3S/c1-12-3-9-16(10-4-12)24-19(27)17(18(26)23-20(24)28)11-21-14-5-7-15(8-6-14)22-13(2)25/h3-11,27H,1-2H3,(H,22,25)(H,23,26,28). The van der Waals surface area contributed by atoms with Gasteiger partial charge in [0, 0.05) is 18.8 Å². The maximum absolute atomic E-state index is 12.3. The molecule has 0 unspecified atom stereocenters. The fourth-order valence-corrected chi connectivity index (χ4v) is 2.85. The summed E-state index contributed by atoms with van der Waals surface area (Å²) in [6.07, 6.45) is 1.28. The zero-order chi connectivity index (χ0) is 20.3. The van der Waals surface area contributed by atoms with Crippen LogP contribution in [0.1, 0.15) is 18.1 Å². The van der Waals surface area contributed by atoms with Crippen LogP contribution in [0.2, 0.25) is 0 Å². The van der Waals surface area contributed by atoms with Crippen LogP contribution in [0.25, 0.3) is 5.69 Å². The van der Waals surface area contributed by atoms with E-state index in [1.807, 2.05) is 19.1 Å². The molecule has 3 rings (SSSR count). The van der Waals surface area contributed by atoms with Crippen molar-refractivity contribution in [1.29, 1.82) is 0 Å². The second kappa shape index (κ2) is 8.01. The topological polar surface area (TPSA) is 99.5 Å². The minimum Gasteiger partial charge on any atom is -0.494 e. The van der Waals surface area contributed by atoms with Crippen molar-refractivity contribution in [2.75, 3.05) is 5.32 Å². The minimum atomic E-state index is -0.538. The number of hydrogen-bond acceptors (Lipinski definition) is 5. The van der Waals surface area contributed by atoms with Crippen molar-refractivity contribution < 1.29 is 9.90 Å². The van der Waals surface area contributed by atoms with Crippen LogP contribution in [0.15, 0.2) is 58.3 Å². The minimum absolute atomic E-state index is 0.0138. The van der Waals surface area contributed by atoms with E-state index in [9.17, 15) is 14.7 Å². The molecule has 1 heterocycles. The second-order valence-corrected chi connectivity index (χ2v) is 6.54. The van der Waals surface area contributed by atoms with Gasteiger partial charge >= 0.3 is 0 Å². The van der Waals surface area contributed by atoms with Crippen molar-refractivity contribution in [3.63, 3.8) is 0 Å². The Kier molecular flexibility index (Phi) is 5.51. The third-order valence-corrected chi connectivity index (χ3v) is 4.23. The number of benzene rings is 2. The Bertz CT molecular complexity index is 1160. The second-order valence-electron chi connectivity index (χ2n) is 6.15. The lowest BCUT2D eigenvalue weighted by Gasteiger charge is -2.11. The molecule has 142 valence electrons. The van der Waals surface area contributed by atoms with Gasteiger partial charge < -0.3 is 10.4 Å². The Morgan fingerprint density at radius 2 is 1.82 bits per heavy atom. The molecule has 0 aliphatic rings. The molecular weight excluding hydrogens is 376 g/mol. The number of anilines is 1. The highest BCUT2D eigenvalue weighted by molar-refractivity contribution is 7.71. The third-order valence-electron chi connectivity index (χ3n) is 3.94. The number of amides is 1. The molecule has 28 heavy (non-hydrogen) atoms. The van der Waals surface area contributed by atoms with Crippen molar-refractivity contribution in [3.05, 3.63) is 74.8 Å². The van der Waals surface area contributed by atoms with Crippen LogP contribution in [0.5, 0.6) is 5.88 Å². The van der Waals surface area contributed by atoms with E-state index in [1.54, 1.807) is 36.4 Å². The van der Waals surface area contributed by atoms with Crippen molar-refractivity contribution >= 4 is 35.7 Å². The Labute approximate surface area is 166 Å². The van der Waals surface area contributed by atoms with Crippen molar-refractivity contribution in [3.8, 4) is 11.6 Å². The predicted molar refractivity (Wildman–Crippen MR) is 112 cm³/mol. The van der Waals surface area contributed by atoms with Gasteiger partial charge in [-0.3, -0.25) is 24.1 Å². The van der Waals surface area contributed by atoms with E-state index in [0.717, 1.165) is 5.56 Å². The molecule has 1 amide bonds. The van der Waals surface area contributed by atoms with Gasteiger partial charge in [0.15, 0.2) is 4.77 Å². The Morgan fingerprint density at radius 3 is 2.43 bits per heavy atom. The predicted octanol–water partition coefficient (Wildman–Crippen LogP) is 3.62. The molecule has 8 heteroatoms. The highest BCUT2D eigenvalue weighted by Gasteiger charge is 2.12. The number of aromatic amines is 1. The molecule has 0 spiro atoms. The summed E-state index contributed by atoms with van der Waals surface area (Å²) in [6, 6.07) is 14.1. The van der Waals surface area contributed by atoms with Crippen LogP contribution in [-0.4, -0.2) is 26.8 Å². The number of rotatable bonds is 4. The van der Waals surface area contributed by atoms with Gasteiger partial charge in [0.05, 0.1) is 11.4 Å². The number of aromatic hydroxyl groups is 1. The number of carbonyl (C=O) groups is 1. The average Bonchev–Trinajstić information content (AvgIpc) is 2.63. The molecule has 0 aliphatic carbocycles. The molecule has 1 aromatic heterocycles. The van der Waals surface area contributed by atoms with Crippen LogP contribution in [-0.2, 0) is 4.79 Å². The van der Waals surface area contributed by atoms with Crippen molar-refractivity contribution in [1.82, 2.24) is 9.55 Å². The smallest absolute Gasteiger partial charge is 0.264 e. The quantitative estimate of drug-likeness (QED) is 0.465. The maximum atomic E-state index is 12.3. The largest absolute Gasteiger partial charge is 0.494 e. The maximum Gasteiger partial charge on any atom is 0.264 e. The molecule has 0 bridgehead atoms. The third kappa shape index (κ3) is 4.24. The zero-order valence-electron chi connectivity index (χ0n) is 15.3. The highest BCUT2D eigenvalue weighted by Crippen LogP contribution is 2.20. The van der Waals surface area contributed by atoms with Gasteiger partial charge in [-0.05, 0) is 55.5 Å². The van der Waals surface area contributed by atoms with Gasteiger partial charge in [-0.15, -0.1) is 0 Å². The van der Waals surface area contributed by atoms with Gasteiger partial charge in [-0.25, -0.2) is 0 Å². The molecule has 0 radical (unpaired) electrons. The van der Waals surface area contributed by atoms with E-state index in [0.29, 0.717) is 17.1 Å². The molecule has 0 fully saturated rings. The van der Waals surface area contributed by atoms with Crippen LogP contribution in [0.4, 0.5) is 11.4 Å². The number of carbonyl (C=O) groups excluding carboxylic acids is 1. The number of nitrogens with zero attached hydrogens (tertiary/aromatic N) is 2. The van der Waals surface area contributed by atoms with Crippen LogP contribution < -0.4 is 10.9 Å². The normalized spacial score (nSPS) is 10.9. The first-order chi connectivity index (χ1) is 13.3. The number of nitrogens with one attached hydrogen (secondary N) is 2. The van der Waals surface area contributed by atoms with E-state index in [1.165, 1.54) is 17.7 Å². The molecule has 3 N–H and O–H groups in total. The zero-order valence-corrected chi connectivity index (χ0v) is 16.1. The van der Waals surface area contributed by atoms with Gasteiger partial charge in [0.25, 0.3) is 5.56 Å². The lowest BCUT2D eigenvalue weighted by Crippen LogP contribution is -2.18. The molecule has 0 aliphatic heterocycles. The fourth-order valence-electron chi connectivity index (χ4n) is 2.56. The summed E-state index contributed by atoms with van der Waals surface area (Å²) < 4.78 is 1.46. The van der Waals surface area contributed by atoms with E-state index in [4.69, 9.17) is 12.2 Å². The first kappa shape index (κ1) is 19.2. The van der Waals surface area contributed by atoms with Gasteiger partial charge in [0.1, 0.15) is 5.56 Å². The van der Waals surface area contributed by atoms with E-state index < -0.39 is 5.56 Å². The molecule has 3 aromatic rings. The average molecular weight is 394 g/mol. The lowest BCUT2D eigenvalue weighted by molar-refractivity contribution is -0.114. The number of H-pyrrole nitrogens is 1. The summed E-state index contributed by atoms with van der Waals surface area (Å²) in [5.41, 5.74) is 2.32. The molecule has 0 atom stereocenters. The summed E-state index contributed by atoms with van der Waals surface area (Å²) in [7, 11) is 0. The summed E-state index contributed by atoms with van der Waals surface area (Å²) >= 11 is 5.20. The monoisotopic (exact) mass is 394 g/mol. The number of aryl methyl sites for hydroxylation is 1. The first-order valence-corrected chi connectivity index (χ1v) is 8.83. The Balaban J connectivity index is 1.98. The molecule has 2 aromatic carbocycles. The lowest BCUT2D eigenvalue weighted by atomic mass is 10.2. The van der Waals surface area contributed by atoms with E-state index in [2.05, 4.69) is 15.3 Å². The summed E-state index contributed by atoms with van der Waals surface area (Å²) in [5, 5.41) is 13.3. The molecule has 0 saturated heterocycles. The Hall–Kier alpha value is -3.52. The van der Waals surface area contributed by atoms with Crippen LogP contribution in [0, 0.1) is 11.7 Å². The van der Waals surface area contributed by atoms with Crippen LogP contribution in [0.3, 0.4) is 0 Å².